The van der Waals surface area contributed by atoms with Gasteiger partial charge >= 0.3 is 0 Å². The Hall–Kier alpha value is -0.930. The largest absolute Gasteiger partial charge is 0.391 e. The van der Waals surface area contributed by atoms with Crippen molar-refractivity contribution >= 4 is 0 Å². The molecule has 0 fully saturated rings. The third kappa shape index (κ3) is 4.35. The number of aliphatic hydroxyl groups is 1. The van der Waals surface area contributed by atoms with Crippen molar-refractivity contribution in [1.29, 1.82) is 0 Å². The molecule has 0 amide bonds. The lowest BCUT2D eigenvalue weighted by atomic mass is 10.2. The van der Waals surface area contributed by atoms with Crippen LogP contribution >= 0.6 is 0 Å². The molecule has 0 spiro atoms. The van der Waals surface area contributed by atoms with Gasteiger partial charge in [0.05, 0.1) is 6.10 Å². The fourth-order valence-corrected chi connectivity index (χ4v) is 1.28. The summed E-state index contributed by atoms with van der Waals surface area (Å²) in [7, 11) is 0. The zero-order valence-electron chi connectivity index (χ0n) is 8.61. The summed E-state index contributed by atoms with van der Waals surface area (Å²) in [6.07, 6.45) is 3.13. The van der Waals surface area contributed by atoms with Gasteiger partial charge in [0, 0.05) is 24.9 Å². The van der Waals surface area contributed by atoms with Gasteiger partial charge in [0.25, 0.3) is 0 Å². The fourth-order valence-electron chi connectivity index (χ4n) is 1.28. The maximum atomic E-state index is 9.63. The van der Waals surface area contributed by atoms with Crippen molar-refractivity contribution in [3.63, 3.8) is 0 Å². The molecule has 0 radical (unpaired) electrons. The van der Waals surface area contributed by atoms with Crippen LogP contribution in [0.5, 0.6) is 0 Å². The first-order valence-electron chi connectivity index (χ1n) is 5.11. The highest BCUT2D eigenvalue weighted by Gasteiger charge is 2.04. The number of pyridine rings is 1. The van der Waals surface area contributed by atoms with Gasteiger partial charge in [-0.3, -0.25) is 4.98 Å². The average Bonchev–Trinajstić information content (AvgIpc) is 2.20. The van der Waals surface area contributed by atoms with E-state index < -0.39 is 0 Å². The van der Waals surface area contributed by atoms with E-state index in [1.54, 1.807) is 6.20 Å². The van der Waals surface area contributed by atoms with Crippen LogP contribution in [0.2, 0.25) is 0 Å². The number of nitrogens with zero attached hydrogens (tertiary/aromatic N) is 1. The van der Waals surface area contributed by atoms with Gasteiger partial charge in [0.2, 0.25) is 0 Å². The van der Waals surface area contributed by atoms with Gasteiger partial charge in [0.15, 0.2) is 0 Å². The summed E-state index contributed by atoms with van der Waals surface area (Å²) >= 11 is 0. The second-order valence-corrected chi connectivity index (χ2v) is 3.38. The second kappa shape index (κ2) is 6.51. The molecule has 0 aliphatic carbocycles. The van der Waals surface area contributed by atoms with E-state index >= 15 is 0 Å². The first kappa shape index (κ1) is 11.1. The van der Waals surface area contributed by atoms with Gasteiger partial charge in [-0.05, 0) is 25.1 Å². The number of hydrogen-bond donors (Lipinski definition) is 2. The molecule has 1 aromatic rings. The maximum absolute atomic E-state index is 9.63. The molecule has 0 saturated carbocycles. The summed E-state index contributed by atoms with van der Waals surface area (Å²) in [4.78, 5) is 4.16. The van der Waals surface area contributed by atoms with Crippen molar-refractivity contribution in [2.24, 2.45) is 0 Å². The van der Waals surface area contributed by atoms with Crippen LogP contribution in [-0.2, 0) is 6.42 Å². The first-order valence-corrected chi connectivity index (χ1v) is 5.11. The number of aliphatic hydroxyl groups excluding tert-OH is 1. The van der Waals surface area contributed by atoms with Crippen LogP contribution in [0, 0.1) is 0 Å². The fraction of sp³-hybridized carbons (Fsp3) is 0.545. The Morgan fingerprint density at radius 1 is 1.50 bits per heavy atom. The van der Waals surface area contributed by atoms with Crippen LogP contribution in [0.25, 0.3) is 0 Å². The van der Waals surface area contributed by atoms with Crippen molar-refractivity contribution in [2.75, 3.05) is 13.1 Å². The van der Waals surface area contributed by atoms with Gasteiger partial charge in [-0.2, -0.15) is 0 Å². The average molecular weight is 194 g/mol. The van der Waals surface area contributed by atoms with Gasteiger partial charge in [-0.1, -0.05) is 13.0 Å². The molecule has 0 aliphatic heterocycles. The Kier molecular flexibility index (Phi) is 5.19. The number of aromatic nitrogens is 1. The summed E-state index contributed by atoms with van der Waals surface area (Å²) in [5.74, 6) is 0. The smallest absolute Gasteiger partial charge is 0.0719 e. The van der Waals surface area contributed by atoms with Crippen molar-refractivity contribution in [1.82, 2.24) is 10.3 Å². The SMILES string of the molecule is CCCNCC(O)Cc1ccccn1. The zero-order valence-corrected chi connectivity index (χ0v) is 8.61. The lowest BCUT2D eigenvalue weighted by Gasteiger charge is -2.10. The Morgan fingerprint density at radius 3 is 3.00 bits per heavy atom. The summed E-state index contributed by atoms with van der Waals surface area (Å²) < 4.78 is 0. The molecule has 1 atom stereocenters. The molecule has 1 rings (SSSR count). The van der Waals surface area contributed by atoms with E-state index in [1.165, 1.54) is 0 Å². The molecule has 3 heteroatoms. The third-order valence-corrected chi connectivity index (χ3v) is 1.98. The Labute approximate surface area is 85.2 Å². The van der Waals surface area contributed by atoms with E-state index in [0.29, 0.717) is 13.0 Å². The zero-order chi connectivity index (χ0) is 10.2. The molecule has 1 aromatic heterocycles. The number of nitrogens with one attached hydrogen (secondary N) is 1. The monoisotopic (exact) mass is 194 g/mol. The Bertz CT molecular complexity index is 238. The maximum Gasteiger partial charge on any atom is 0.0719 e. The molecular weight excluding hydrogens is 176 g/mol. The summed E-state index contributed by atoms with van der Waals surface area (Å²) in [5.41, 5.74) is 0.943. The predicted octanol–water partition coefficient (Wildman–Crippen LogP) is 0.985. The molecule has 1 heterocycles. The third-order valence-electron chi connectivity index (χ3n) is 1.98. The Balaban J connectivity index is 2.23. The van der Waals surface area contributed by atoms with E-state index in [0.717, 1.165) is 18.7 Å². The summed E-state index contributed by atoms with van der Waals surface area (Å²) in [6, 6.07) is 5.75. The van der Waals surface area contributed by atoms with Gasteiger partial charge in [0.1, 0.15) is 0 Å². The van der Waals surface area contributed by atoms with Gasteiger partial charge < -0.3 is 10.4 Å². The van der Waals surface area contributed by atoms with Crippen LogP contribution in [0.4, 0.5) is 0 Å². The summed E-state index contributed by atoms with van der Waals surface area (Å²) in [5, 5.41) is 12.8. The first-order chi connectivity index (χ1) is 6.83. The molecule has 1 unspecified atom stereocenters. The van der Waals surface area contributed by atoms with Crippen molar-refractivity contribution in [3.05, 3.63) is 30.1 Å². The summed E-state index contributed by atoms with van der Waals surface area (Å²) in [6.45, 7) is 3.71. The van der Waals surface area contributed by atoms with Gasteiger partial charge in [-0.25, -0.2) is 0 Å². The highest BCUT2D eigenvalue weighted by atomic mass is 16.3. The Morgan fingerprint density at radius 2 is 2.36 bits per heavy atom. The molecule has 0 aliphatic rings. The van der Waals surface area contributed by atoms with Crippen molar-refractivity contribution in [2.45, 2.75) is 25.9 Å². The minimum atomic E-state index is -0.337. The van der Waals surface area contributed by atoms with Crippen LogP contribution in [0.15, 0.2) is 24.4 Å². The normalized spacial score (nSPS) is 12.7. The molecule has 0 saturated heterocycles. The van der Waals surface area contributed by atoms with E-state index in [-0.39, 0.29) is 6.10 Å². The van der Waals surface area contributed by atoms with Crippen molar-refractivity contribution < 1.29 is 5.11 Å². The molecule has 78 valence electrons. The molecule has 2 N–H and O–H groups in total. The highest BCUT2D eigenvalue weighted by molar-refractivity contribution is 5.04. The lowest BCUT2D eigenvalue weighted by molar-refractivity contribution is 0.171. The van der Waals surface area contributed by atoms with E-state index in [2.05, 4.69) is 17.2 Å². The van der Waals surface area contributed by atoms with E-state index in [9.17, 15) is 5.11 Å². The second-order valence-electron chi connectivity index (χ2n) is 3.38. The molecular formula is C11H18N2O. The standard InChI is InChI=1S/C11H18N2O/c1-2-6-12-9-11(14)8-10-5-3-4-7-13-10/h3-5,7,11-12,14H,2,6,8-9H2,1H3. The van der Waals surface area contributed by atoms with Crippen LogP contribution in [0.3, 0.4) is 0 Å². The molecule has 0 aromatic carbocycles. The molecule has 3 nitrogen and oxygen atoms in total. The van der Waals surface area contributed by atoms with E-state index in [4.69, 9.17) is 0 Å². The minimum Gasteiger partial charge on any atom is -0.391 e. The van der Waals surface area contributed by atoms with Crippen LogP contribution in [-0.4, -0.2) is 29.3 Å². The van der Waals surface area contributed by atoms with Crippen LogP contribution < -0.4 is 5.32 Å². The number of hydrogen-bond acceptors (Lipinski definition) is 3. The quantitative estimate of drug-likeness (QED) is 0.664. The highest BCUT2D eigenvalue weighted by Crippen LogP contribution is 1.98. The van der Waals surface area contributed by atoms with Crippen LogP contribution in [0.1, 0.15) is 19.0 Å². The number of rotatable bonds is 6. The molecule has 0 bridgehead atoms. The lowest BCUT2D eigenvalue weighted by Crippen LogP contribution is -2.29. The van der Waals surface area contributed by atoms with Gasteiger partial charge in [-0.15, -0.1) is 0 Å². The van der Waals surface area contributed by atoms with Crippen molar-refractivity contribution in [3.8, 4) is 0 Å². The molecule has 14 heavy (non-hydrogen) atoms. The minimum absolute atomic E-state index is 0.337. The van der Waals surface area contributed by atoms with E-state index in [1.807, 2.05) is 18.2 Å². The predicted molar refractivity (Wildman–Crippen MR) is 57.1 cm³/mol. The topological polar surface area (TPSA) is 45.1 Å².